The van der Waals surface area contributed by atoms with Gasteiger partial charge in [-0.15, -0.1) is 0 Å². The zero-order valence-electron chi connectivity index (χ0n) is 27.2. The molecule has 0 aromatic heterocycles. The molecular formula is C36H45O7P. The number of rotatable bonds is 11. The number of aryl methyl sites for hydroxylation is 2. The van der Waals surface area contributed by atoms with E-state index in [9.17, 15) is 14.4 Å². The summed E-state index contributed by atoms with van der Waals surface area (Å²) in [5.74, 6) is -2.38. The van der Waals surface area contributed by atoms with Gasteiger partial charge in [0.15, 0.2) is 7.14 Å². The summed E-state index contributed by atoms with van der Waals surface area (Å²) in [5.41, 5.74) is 2.79. The summed E-state index contributed by atoms with van der Waals surface area (Å²) in [6.07, 6.45) is 1.25. The Hall–Kier alpha value is -3.57. The van der Waals surface area contributed by atoms with Crippen LogP contribution in [0.5, 0.6) is 0 Å². The molecule has 236 valence electrons. The third-order valence-corrected chi connectivity index (χ3v) is 13.4. The summed E-state index contributed by atoms with van der Waals surface area (Å²) in [4.78, 5) is 53.2. The van der Waals surface area contributed by atoms with Crippen molar-refractivity contribution in [1.29, 1.82) is 0 Å². The van der Waals surface area contributed by atoms with Gasteiger partial charge in [-0.05, 0) is 87.0 Å². The van der Waals surface area contributed by atoms with Crippen molar-refractivity contribution in [3.63, 3.8) is 0 Å². The second-order valence-electron chi connectivity index (χ2n) is 12.5. The fraction of sp³-hybridized carbons (Fsp3) is 0.444. The van der Waals surface area contributed by atoms with Gasteiger partial charge in [0.25, 0.3) is 0 Å². The summed E-state index contributed by atoms with van der Waals surface area (Å²) in [7, 11) is -4.26. The predicted molar refractivity (Wildman–Crippen MR) is 173 cm³/mol. The highest BCUT2D eigenvalue weighted by Crippen LogP contribution is 2.68. The first kappa shape index (κ1) is 34.9. The molecule has 0 spiro atoms. The summed E-state index contributed by atoms with van der Waals surface area (Å²) in [6, 6.07) is 10.4. The monoisotopic (exact) mass is 620 g/mol. The molecule has 2 aromatic carbocycles. The smallest absolute Gasteiger partial charge is 0.333 e. The Balaban J connectivity index is 2.28. The van der Waals surface area contributed by atoms with Crippen LogP contribution in [0, 0.1) is 44.4 Å². The Kier molecular flexibility index (Phi) is 10.8. The molecule has 8 heteroatoms. The summed E-state index contributed by atoms with van der Waals surface area (Å²) in [6.45, 7) is 21.5. The standard InChI is InChI=1S/C36H45O7P/c1-21(2)33(38)42-18-30-23(5)16-25(7)32(27(30)9)35(40)44(41,29-14-12-11-13-15-29)36(20-37)26(8)17-24(6)31(28(36)10)19-43-34(39)22(3)4/h11-16,20,24,26,28,31H,1,3,17-19H2,2,4-10H3. The summed E-state index contributed by atoms with van der Waals surface area (Å²) in [5, 5.41) is -1.27. The first-order valence-electron chi connectivity index (χ1n) is 15.0. The number of hydrogen-bond donors (Lipinski definition) is 0. The molecule has 0 aliphatic heterocycles. The van der Waals surface area contributed by atoms with Crippen LogP contribution in [0.2, 0.25) is 0 Å². The Labute approximate surface area is 261 Å². The van der Waals surface area contributed by atoms with E-state index in [2.05, 4.69) is 13.2 Å². The lowest BCUT2D eigenvalue weighted by Gasteiger charge is -2.52. The lowest BCUT2D eigenvalue weighted by molar-refractivity contribution is -0.143. The molecule has 0 saturated heterocycles. The van der Waals surface area contributed by atoms with Crippen molar-refractivity contribution in [2.45, 2.75) is 73.6 Å². The molecule has 6 atom stereocenters. The van der Waals surface area contributed by atoms with Gasteiger partial charge in [-0.3, -0.25) is 4.79 Å². The Morgan fingerprint density at radius 1 is 0.955 bits per heavy atom. The SMILES string of the molecule is C=C(C)C(=O)OCc1c(C)cc(C)c(C(=O)P(=O)(c2ccccc2)C2(C=O)C(C)CC(C)C(COC(=O)C(=C)C)C2C)c1C. The van der Waals surface area contributed by atoms with Crippen LogP contribution in [0.15, 0.2) is 60.7 Å². The second kappa shape index (κ2) is 13.6. The minimum absolute atomic E-state index is 0.0140. The maximum atomic E-state index is 16.0. The zero-order chi connectivity index (χ0) is 33.1. The highest BCUT2D eigenvalue weighted by atomic mass is 31.2. The van der Waals surface area contributed by atoms with E-state index in [1.807, 2.05) is 33.8 Å². The van der Waals surface area contributed by atoms with Crippen LogP contribution in [-0.2, 0) is 35.0 Å². The Morgan fingerprint density at radius 2 is 1.52 bits per heavy atom. The van der Waals surface area contributed by atoms with E-state index < -0.39 is 41.6 Å². The molecule has 6 unspecified atom stereocenters. The maximum Gasteiger partial charge on any atom is 0.333 e. The molecule has 0 radical (unpaired) electrons. The average Bonchev–Trinajstić information content (AvgIpc) is 2.96. The first-order chi connectivity index (χ1) is 20.6. The van der Waals surface area contributed by atoms with Gasteiger partial charge in [-0.2, -0.15) is 0 Å². The Morgan fingerprint density at radius 3 is 2.07 bits per heavy atom. The van der Waals surface area contributed by atoms with E-state index >= 15 is 9.36 Å². The molecule has 0 heterocycles. The van der Waals surface area contributed by atoms with Crippen molar-refractivity contribution in [3.05, 3.63) is 88.5 Å². The third kappa shape index (κ3) is 6.04. The number of carbonyl (C=O) groups is 4. The van der Waals surface area contributed by atoms with E-state index in [4.69, 9.17) is 9.47 Å². The van der Waals surface area contributed by atoms with Crippen molar-refractivity contribution in [1.82, 2.24) is 0 Å². The Bertz CT molecular complexity index is 1540. The van der Waals surface area contributed by atoms with Gasteiger partial charge in [0.05, 0.1) is 11.8 Å². The highest BCUT2D eigenvalue weighted by molar-refractivity contribution is 7.89. The van der Waals surface area contributed by atoms with Gasteiger partial charge >= 0.3 is 11.9 Å². The second-order valence-corrected chi connectivity index (χ2v) is 15.5. The topological polar surface area (TPSA) is 104 Å². The number of esters is 2. The number of benzene rings is 2. The van der Waals surface area contributed by atoms with E-state index in [1.54, 1.807) is 58.0 Å². The fourth-order valence-corrected chi connectivity index (χ4v) is 11.0. The van der Waals surface area contributed by atoms with Gasteiger partial charge in [0.1, 0.15) is 12.9 Å². The van der Waals surface area contributed by atoms with Crippen molar-refractivity contribution in [2.24, 2.45) is 23.7 Å². The van der Waals surface area contributed by atoms with Crippen LogP contribution in [0.25, 0.3) is 0 Å². The molecule has 2 aromatic rings. The first-order valence-corrected chi connectivity index (χ1v) is 16.7. The van der Waals surface area contributed by atoms with Gasteiger partial charge in [0.2, 0.25) is 5.52 Å². The van der Waals surface area contributed by atoms with Crippen LogP contribution < -0.4 is 5.30 Å². The lowest BCUT2D eigenvalue weighted by atomic mass is 9.63. The molecule has 1 aliphatic rings. The molecular weight excluding hydrogens is 575 g/mol. The lowest BCUT2D eigenvalue weighted by Crippen LogP contribution is -2.56. The number of ether oxygens (including phenoxy) is 2. The fourth-order valence-electron chi connectivity index (χ4n) is 7.05. The minimum atomic E-state index is -4.26. The van der Waals surface area contributed by atoms with Gasteiger partial charge < -0.3 is 18.8 Å². The summed E-state index contributed by atoms with van der Waals surface area (Å²) >= 11 is 0. The normalized spacial score (nSPS) is 24.5. The van der Waals surface area contributed by atoms with E-state index in [0.29, 0.717) is 28.4 Å². The van der Waals surface area contributed by atoms with Gasteiger partial charge in [-0.1, -0.05) is 70.3 Å². The molecule has 0 bridgehead atoms. The van der Waals surface area contributed by atoms with Crippen LogP contribution >= 0.6 is 7.14 Å². The quantitative estimate of drug-likeness (QED) is 0.115. The van der Waals surface area contributed by atoms with Crippen LogP contribution in [0.4, 0.5) is 0 Å². The minimum Gasteiger partial charge on any atom is -0.462 e. The van der Waals surface area contributed by atoms with Crippen molar-refractivity contribution in [3.8, 4) is 0 Å². The van der Waals surface area contributed by atoms with Crippen molar-refractivity contribution < 1.29 is 33.2 Å². The molecule has 0 N–H and O–H groups in total. The van der Waals surface area contributed by atoms with Gasteiger partial charge in [-0.25, -0.2) is 9.59 Å². The van der Waals surface area contributed by atoms with E-state index in [-0.39, 0.29) is 41.8 Å². The van der Waals surface area contributed by atoms with Crippen LogP contribution in [0.1, 0.15) is 73.7 Å². The summed E-state index contributed by atoms with van der Waals surface area (Å²) < 4.78 is 27.0. The van der Waals surface area contributed by atoms with Gasteiger partial charge in [0, 0.05) is 22.0 Å². The molecule has 3 rings (SSSR count). The highest BCUT2D eigenvalue weighted by Gasteiger charge is 2.64. The van der Waals surface area contributed by atoms with E-state index in [1.165, 1.54) is 0 Å². The predicted octanol–water partition coefficient (Wildman–Crippen LogP) is 7.05. The largest absolute Gasteiger partial charge is 0.462 e. The van der Waals surface area contributed by atoms with Crippen LogP contribution in [-0.4, -0.2) is 35.5 Å². The van der Waals surface area contributed by atoms with Crippen molar-refractivity contribution in [2.75, 3.05) is 6.61 Å². The molecule has 1 saturated carbocycles. The number of hydrogen-bond acceptors (Lipinski definition) is 7. The van der Waals surface area contributed by atoms with Crippen LogP contribution in [0.3, 0.4) is 0 Å². The molecule has 44 heavy (non-hydrogen) atoms. The third-order valence-electron chi connectivity index (χ3n) is 9.55. The zero-order valence-corrected chi connectivity index (χ0v) is 28.1. The molecule has 1 fully saturated rings. The van der Waals surface area contributed by atoms with Crippen molar-refractivity contribution >= 4 is 36.2 Å². The molecule has 0 amide bonds. The van der Waals surface area contributed by atoms with E-state index in [0.717, 1.165) is 11.8 Å². The molecule has 7 nitrogen and oxygen atoms in total. The number of aldehydes is 1. The number of carbonyl (C=O) groups excluding carboxylic acids is 4. The maximum absolute atomic E-state index is 16.0. The average molecular weight is 621 g/mol. The molecule has 1 aliphatic carbocycles.